The first-order valence-electron chi connectivity index (χ1n) is 10.3. The number of carbonyl (C=O) groups excluding carboxylic acids is 1. The van der Waals surface area contributed by atoms with Gasteiger partial charge < -0.3 is 16.4 Å². The molecule has 2 heterocycles. The van der Waals surface area contributed by atoms with Crippen molar-refractivity contribution in [2.24, 2.45) is 0 Å². The molecule has 0 aliphatic rings. The Morgan fingerprint density at radius 3 is 2.62 bits per heavy atom. The van der Waals surface area contributed by atoms with Crippen LogP contribution in [0.25, 0.3) is 5.69 Å². The van der Waals surface area contributed by atoms with E-state index in [1.165, 1.54) is 6.07 Å². The minimum Gasteiger partial charge on any atom is -0.384 e. The first-order valence-corrected chi connectivity index (χ1v) is 10.3. The molecule has 8 heteroatoms. The highest BCUT2D eigenvalue weighted by atomic mass is 19.1. The quantitative estimate of drug-likeness (QED) is 0.366. The van der Waals surface area contributed by atoms with Crippen LogP contribution in [0.4, 0.5) is 21.7 Å². The molecule has 0 fully saturated rings. The Bertz CT molecular complexity index is 1210. The second kappa shape index (κ2) is 9.74. The maximum Gasteiger partial charge on any atom is 0.255 e. The highest BCUT2D eigenvalue weighted by Gasteiger charge is 2.14. The molecule has 7 nitrogen and oxygen atoms in total. The van der Waals surface area contributed by atoms with Crippen LogP contribution in [0.5, 0.6) is 0 Å². The van der Waals surface area contributed by atoms with Crippen LogP contribution in [0.3, 0.4) is 0 Å². The number of halogens is 1. The van der Waals surface area contributed by atoms with Gasteiger partial charge in [0.1, 0.15) is 17.5 Å². The lowest BCUT2D eigenvalue weighted by Gasteiger charge is -2.11. The number of nitrogens with one attached hydrogen (secondary N) is 2. The maximum absolute atomic E-state index is 13.9. The predicted molar refractivity (Wildman–Crippen MR) is 123 cm³/mol. The average Bonchev–Trinajstić information content (AvgIpc) is 3.19. The van der Waals surface area contributed by atoms with Crippen LogP contribution in [-0.4, -0.2) is 27.2 Å². The number of para-hydroxylation sites is 2. The predicted octanol–water partition coefficient (Wildman–Crippen LogP) is 4.09. The third kappa shape index (κ3) is 4.92. The first-order chi connectivity index (χ1) is 15.6. The van der Waals surface area contributed by atoms with E-state index in [1.807, 2.05) is 36.4 Å². The molecule has 0 atom stereocenters. The molecule has 4 aromatic rings. The zero-order valence-electron chi connectivity index (χ0n) is 17.3. The average molecular weight is 430 g/mol. The van der Waals surface area contributed by atoms with Crippen LogP contribution in [0, 0.1) is 5.82 Å². The largest absolute Gasteiger partial charge is 0.384 e. The standard InChI is InChI=1S/C24H23FN6O/c25-20-12-4-5-13-21(20)29-23-19(11-7-14-27-23)24(32)28-15-6-8-17-16-22(26)31(30-17)18-9-2-1-3-10-18/h1-5,7,9-14,16H,6,8,15,26H2,(H,27,29)(H,28,32). The molecule has 0 bridgehead atoms. The summed E-state index contributed by atoms with van der Waals surface area (Å²) in [6.07, 6.45) is 2.90. The molecule has 0 aliphatic heterocycles. The number of hydrogen-bond acceptors (Lipinski definition) is 5. The summed E-state index contributed by atoms with van der Waals surface area (Å²) < 4.78 is 15.6. The number of hydrogen-bond donors (Lipinski definition) is 3. The van der Waals surface area contributed by atoms with Gasteiger partial charge in [0.2, 0.25) is 0 Å². The number of carbonyl (C=O) groups is 1. The minimum absolute atomic E-state index is 0.256. The molecule has 32 heavy (non-hydrogen) atoms. The van der Waals surface area contributed by atoms with Crippen molar-refractivity contribution in [2.45, 2.75) is 12.8 Å². The van der Waals surface area contributed by atoms with Crippen molar-refractivity contribution in [3.05, 3.63) is 96.1 Å². The summed E-state index contributed by atoms with van der Waals surface area (Å²) in [5.41, 5.74) is 8.43. The molecule has 4 rings (SSSR count). The van der Waals surface area contributed by atoms with Gasteiger partial charge in [-0.2, -0.15) is 5.10 Å². The minimum atomic E-state index is -0.418. The van der Waals surface area contributed by atoms with E-state index in [-0.39, 0.29) is 11.6 Å². The number of aryl methyl sites for hydroxylation is 1. The Kier molecular flexibility index (Phi) is 6.41. The summed E-state index contributed by atoms with van der Waals surface area (Å²) in [4.78, 5) is 16.9. The molecule has 4 N–H and O–H groups in total. The Balaban J connectivity index is 1.34. The van der Waals surface area contributed by atoms with E-state index < -0.39 is 5.82 Å². The van der Waals surface area contributed by atoms with E-state index >= 15 is 0 Å². The number of benzene rings is 2. The molecule has 0 saturated heterocycles. The van der Waals surface area contributed by atoms with Gasteiger partial charge in [0.15, 0.2) is 0 Å². The van der Waals surface area contributed by atoms with Gasteiger partial charge in [0.05, 0.1) is 22.6 Å². The second-order valence-electron chi connectivity index (χ2n) is 7.17. The van der Waals surface area contributed by atoms with E-state index in [9.17, 15) is 9.18 Å². The van der Waals surface area contributed by atoms with Gasteiger partial charge in [-0.25, -0.2) is 14.1 Å². The van der Waals surface area contributed by atoms with Gasteiger partial charge in [-0.3, -0.25) is 4.79 Å². The van der Waals surface area contributed by atoms with Gasteiger partial charge in [-0.15, -0.1) is 0 Å². The summed E-state index contributed by atoms with van der Waals surface area (Å²) in [7, 11) is 0. The van der Waals surface area contributed by atoms with Crippen molar-refractivity contribution in [1.29, 1.82) is 0 Å². The van der Waals surface area contributed by atoms with Crippen LogP contribution in [-0.2, 0) is 6.42 Å². The number of nitrogens with zero attached hydrogens (tertiary/aromatic N) is 3. The van der Waals surface area contributed by atoms with Gasteiger partial charge in [-0.05, 0) is 49.2 Å². The molecular formula is C24H23FN6O. The molecule has 0 saturated carbocycles. The van der Waals surface area contributed by atoms with Crippen molar-refractivity contribution >= 4 is 23.2 Å². The molecular weight excluding hydrogens is 407 g/mol. The number of pyridine rings is 1. The summed E-state index contributed by atoms with van der Waals surface area (Å²) in [5, 5.41) is 10.3. The van der Waals surface area contributed by atoms with E-state index in [0.29, 0.717) is 36.6 Å². The Morgan fingerprint density at radius 2 is 1.81 bits per heavy atom. The molecule has 0 radical (unpaired) electrons. The highest BCUT2D eigenvalue weighted by molar-refractivity contribution is 5.99. The van der Waals surface area contributed by atoms with Gasteiger partial charge in [-0.1, -0.05) is 30.3 Å². The lowest BCUT2D eigenvalue weighted by Crippen LogP contribution is -2.25. The topological polar surface area (TPSA) is 97.9 Å². The summed E-state index contributed by atoms with van der Waals surface area (Å²) in [5.74, 6) is 0.156. The molecule has 162 valence electrons. The van der Waals surface area contributed by atoms with Crippen molar-refractivity contribution in [3.63, 3.8) is 0 Å². The van der Waals surface area contributed by atoms with Gasteiger partial charge >= 0.3 is 0 Å². The number of nitrogens with two attached hydrogens (primary N) is 1. The molecule has 1 amide bonds. The summed E-state index contributed by atoms with van der Waals surface area (Å²) in [6.45, 7) is 0.449. The normalized spacial score (nSPS) is 10.7. The molecule has 0 unspecified atom stereocenters. The molecule has 2 aromatic carbocycles. The molecule has 2 aromatic heterocycles. The van der Waals surface area contributed by atoms with Crippen LogP contribution < -0.4 is 16.4 Å². The van der Waals surface area contributed by atoms with Crippen molar-refractivity contribution < 1.29 is 9.18 Å². The lowest BCUT2D eigenvalue weighted by atomic mass is 10.2. The monoisotopic (exact) mass is 430 g/mol. The first kappa shape index (κ1) is 21.0. The molecule has 0 spiro atoms. The number of rotatable bonds is 8. The second-order valence-corrected chi connectivity index (χ2v) is 7.17. The van der Waals surface area contributed by atoms with Crippen molar-refractivity contribution in [3.8, 4) is 5.69 Å². The maximum atomic E-state index is 13.9. The Morgan fingerprint density at radius 1 is 1.03 bits per heavy atom. The fraction of sp³-hybridized carbons (Fsp3) is 0.125. The number of nitrogen functional groups attached to an aromatic ring is 1. The zero-order chi connectivity index (χ0) is 22.3. The van der Waals surface area contributed by atoms with Crippen molar-refractivity contribution in [1.82, 2.24) is 20.1 Å². The Hall–Kier alpha value is -4.20. The SMILES string of the molecule is Nc1cc(CCCNC(=O)c2cccnc2Nc2ccccc2F)nn1-c1ccccc1. The smallest absolute Gasteiger partial charge is 0.255 e. The molecule has 0 aliphatic carbocycles. The fourth-order valence-corrected chi connectivity index (χ4v) is 3.29. The highest BCUT2D eigenvalue weighted by Crippen LogP contribution is 2.21. The zero-order valence-corrected chi connectivity index (χ0v) is 17.3. The number of anilines is 3. The third-order valence-electron chi connectivity index (χ3n) is 4.86. The number of aromatic nitrogens is 3. The fourth-order valence-electron chi connectivity index (χ4n) is 3.29. The third-order valence-corrected chi connectivity index (χ3v) is 4.86. The van der Waals surface area contributed by atoms with Gasteiger partial charge in [0.25, 0.3) is 5.91 Å². The van der Waals surface area contributed by atoms with E-state index in [4.69, 9.17) is 5.73 Å². The van der Waals surface area contributed by atoms with Crippen LogP contribution in [0.2, 0.25) is 0 Å². The van der Waals surface area contributed by atoms with E-state index in [2.05, 4.69) is 20.7 Å². The van der Waals surface area contributed by atoms with Gasteiger partial charge in [0, 0.05) is 18.8 Å². The summed E-state index contributed by atoms with van der Waals surface area (Å²) >= 11 is 0. The van der Waals surface area contributed by atoms with Crippen LogP contribution in [0.1, 0.15) is 22.5 Å². The summed E-state index contributed by atoms with van der Waals surface area (Å²) in [6, 6.07) is 21.1. The van der Waals surface area contributed by atoms with E-state index in [0.717, 1.165) is 11.4 Å². The van der Waals surface area contributed by atoms with Crippen LogP contribution >= 0.6 is 0 Å². The van der Waals surface area contributed by atoms with Crippen LogP contribution in [0.15, 0.2) is 79.0 Å². The van der Waals surface area contributed by atoms with E-state index in [1.54, 1.807) is 41.2 Å². The number of amides is 1. The van der Waals surface area contributed by atoms with Crippen molar-refractivity contribution in [2.75, 3.05) is 17.6 Å². The Labute approximate surface area is 185 Å². The lowest BCUT2D eigenvalue weighted by molar-refractivity contribution is 0.0953.